The summed E-state index contributed by atoms with van der Waals surface area (Å²) in [7, 11) is 2.29. The summed E-state index contributed by atoms with van der Waals surface area (Å²) in [5.41, 5.74) is 0.00195. The Balaban J connectivity index is 1.72. The highest BCUT2D eigenvalue weighted by molar-refractivity contribution is 7.19. The van der Waals surface area contributed by atoms with Crippen LogP contribution in [-0.2, 0) is 56.1 Å². The molecule has 1 aliphatic heterocycles. The molecule has 7 N–H and O–H groups in total. The van der Waals surface area contributed by atoms with Gasteiger partial charge in [-0.25, -0.2) is 4.79 Å². The number of aliphatic hydroxyl groups excluding tert-OH is 3. The van der Waals surface area contributed by atoms with Crippen LogP contribution in [0.3, 0.4) is 0 Å². The van der Waals surface area contributed by atoms with E-state index in [1.165, 1.54) is 6.92 Å². The van der Waals surface area contributed by atoms with E-state index in [4.69, 9.17) is 9.47 Å². The third-order valence-electron chi connectivity index (χ3n) is 9.02. The van der Waals surface area contributed by atoms with Crippen molar-refractivity contribution in [2.45, 2.75) is 122 Å². The van der Waals surface area contributed by atoms with Crippen LogP contribution in [0, 0.1) is 17.3 Å². The fraction of sp³-hybridized carbons (Fsp3) is 0.629. The van der Waals surface area contributed by atoms with E-state index in [1.54, 1.807) is 52.8 Å². The second kappa shape index (κ2) is 17.8. The van der Waals surface area contributed by atoms with Gasteiger partial charge in [0.2, 0.25) is 17.7 Å². The number of aliphatic hydroxyl groups is 3. The zero-order valence-electron chi connectivity index (χ0n) is 30.1. The van der Waals surface area contributed by atoms with Crippen LogP contribution in [0.4, 0.5) is 5.69 Å². The van der Waals surface area contributed by atoms with Crippen LogP contribution < -0.4 is 16.0 Å². The number of amides is 3. The first-order chi connectivity index (χ1) is 24.1. The van der Waals surface area contributed by atoms with Crippen molar-refractivity contribution in [1.29, 1.82) is 0 Å². The number of nitrogens with one attached hydrogen (secondary N) is 3. The first-order valence-electron chi connectivity index (χ1n) is 17.1. The van der Waals surface area contributed by atoms with Crippen molar-refractivity contribution in [3.63, 3.8) is 0 Å². The van der Waals surface area contributed by atoms with Gasteiger partial charge in [-0.2, -0.15) is 0 Å². The quantitative estimate of drug-likeness (QED) is 0.0753. The number of rotatable bonds is 14. The fourth-order valence-electron chi connectivity index (χ4n) is 5.79. The fourth-order valence-corrected chi connectivity index (χ4v) is 6.26. The Hall–Kier alpha value is -3.82. The maximum atomic E-state index is 13.2. The van der Waals surface area contributed by atoms with Crippen molar-refractivity contribution >= 4 is 56.2 Å². The largest absolute Gasteiger partial charge is 0.479 e. The van der Waals surface area contributed by atoms with Crippen LogP contribution in [-0.4, -0.2) is 110 Å². The molecule has 10 atom stereocenters. The molecule has 3 unspecified atom stereocenters. The van der Waals surface area contributed by atoms with E-state index < -0.39 is 95.2 Å². The number of carbonyl (C=O) groups excluding carboxylic acids is 6. The van der Waals surface area contributed by atoms with Crippen molar-refractivity contribution in [3.8, 4) is 0 Å². The number of aryl methyl sites for hydroxylation is 1. The lowest BCUT2D eigenvalue weighted by molar-refractivity contribution is -0.228. The van der Waals surface area contributed by atoms with Crippen molar-refractivity contribution < 1.29 is 63.5 Å². The monoisotopic (exact) mass is 751 g/mol. The molecule has 1 aliphatic carbocycles. The van der Waals surface area contributed by atoms with Gasteiger partial charge < -0.3 is 45.9 Å². The third kappa shape index (κ3) is 10.9. The molecule has 0 spiro atoms. The lowest BCUT2D eigenvalue weighted by Crippen LogP contribution is -2.59. The number of aliphatic carboxylic acids is 1. The van der Waals surface area contributed by atoms with Gasteiger partial charge in [-0.15, -0.1) is 9.24 Å². The number of benzene rings is 1. The molecule has 0 radical (unpaired) electrons. The number of hydrogen-bond acceptors (Lipinski definition) is 12. The highest BCUT2D eigenvalue weighted by Gasteiger charge is 2.46. The number of hydrogen-bond donors (Lipinski definition) is 7. The molecule has 1 aromatic rings. The molecule has 2 fully saturated rings. The average molecular weight is 752 g/mol. The van der Waals surface area contributed by atoms with Crippen LogP contribution >= 0.6 is 9.24 Å². The van der Waals surface area contributed by atoms with E-state index in [0.717, 1.165) is 0 Å². The predicted molar refractivity (Wildman–Crippen MR) is 188 cm³/mol. The molecule has 0 aromatic heterocycles. The smallest absolute Gasteiger partial charge is 0.335 e. The maximum Gasteiger partial charge on any atom is 0.335 e. The molecule has 3 rings (SSSR count). The Morgan fingerprint density at radius 1 is 0.962 bits per heavy atom. The van der Waals surface area contributed by atoms with E-state index in [9.17, 15) is 54.0 Å². The molecule has 52 heavy (non-hydrogen) atoms. The minimum Gasteiger partial charge on any atom is -0.479 e. The zero-order valence-corrected chi connectivity index (χ0v) is 31.2. The molecular weight excluding hydrogens is 701 g/mol. The Labute approximate surface area is 304 Å². The van der Waals surface area contributed by atoms with E-state index in [-0.39, 0.29) is 49.5 Å². The van der Waals surface area contributed by atoms with Gasteiger partial charge in [-0.05, 0) is 69.7 Å². The van der Waals surface area contributed by atoms with Gasteiger partial charge in [-0.3, -0.25) is 28.8 Å². The number of anilines is 1. The van der Waals surface area contributed by atoms with E-state index in [2.05, 4.69) is 25.2 Å². The number of carboxylic acids is 1. The summed E-state index contributed by atoms with van der Waals surface area (Å²) in [6.07, 6.45) is -8.45. The Kier molecular flexibility index (Phi) is 14.6. The number of carbonyl (C=O) groups is 7. The van der Waals surface area contributed by atoms with Gasteiger partial charge in [0.05, 0.1) is 17.4 Å². The van der Waals surface area contributed by atoms with E-state index in [1.807, 2.05) is 0 Å². The summed E-state index contributed by atoms with van der Waals surface area (Å²) < 4.78 is 10.9. The van der Waals surface area contributed by atoms with E-state index in [0.29, 0.717) is 11.1 Å². The molecule has 288 valence electrons. The van der Waals surface area contributed by atoms with Crippen LogP contribution in [0.5, 0.6) is 0 Å². The molecule has 2 aliphatic rings. The molecule has 1 saturated heterocycles. The molecule has 1 heterocycles. The van der Waals surface area contributed by atoms with Gasteiger partial charge in [0.1, 0.15) is 42.8 Å². The van der Waals surface area contributed by atoms with Crippen LogP contribution in [0.15, 0.2) is 18.2 Å². The predicted octanol–water partition coefficient (Wildman–Crippen LogP) is 0.0191. The summed E-state index contributed by atoms with van der Waals surface area (Å²) in [6.45, 7) is 9.71. The molecule has 16 nitrogen and oxygen atoms in total. The minimum atomic E-state index is -1.85. The Bertz CT molecular complexity index is 1540. The van der Waals surface area contributed by atoms with Crippen molar-refractivity contribution in [2.75, 3.05) is 5.32 Å². The normalized spacial score (nSPS) is 26.0. The number of carboxylic acid groups (broad SMARTS) is 1. The Morgan fingerprint density at radius 2 is 1.62 bits per heavy atom. The first kappa shape index (κ1) is 42.6. The Morgan fingerprint density at radius 3 is 2.17 bits per heavy atom. The second-order valence-electron chi connectivity index (χ2n) is 14.7. The highest BCUT2D eigenvalue weighted by Crippen LogP contribution is 2.28. The summed E-state index contributed by atoms with van der Waals surface area (Å²) in [5.74, 6) is -6.06. The van der Waals surface area contributed by atoms with Crippen LogP contribution in [0.2, 0.25) is 0 Å². The first-order valence-corrected chi connectivity index (χ1v) is 17.7. The number of ketones is 2. The van der Waals surface area contributed by atoms with Gasteiger partial charge in [-0.1, -0.05) is 19.9 Å². The van der Waals surface area contributed by atoms with Crippen LogP contribution in [0.25, 0.3) is 0 Å². The van der Waals surface area contributed by atoms with Crippen molar-refractivity contribution in [3.05, 3.63) is 29.3 Å². The molecule has 0 bridgehead atoms. The van der Waals surface area contributed by atoms with Crippen molar-refractivity contribution in [1.82, 2.24) is 10.6 Å². The molecule has 1 saturated carbocycles. The standard InChI is InChI=1S/C35H50N3O13P/c1-15(2)25(38-24(40)12-20-21(39)13-23(52)26(20)41)32(46)36-16(3)31(45)37-19-9-7-18(14-50-34(49)35(4,5)6)17(11-19)8-10-22-27(42)28(43)29(44)30(51-22)33(47)48/h7,9,11,15-16,20,22-23,25,27-30,42-44H,8,10,12-14,52H2,1-6H3,(H,36,46)(H,37,45)(H,38,40)(H,47,48)/t16-,20?,22-,23?,25-,27-,28+,29-,30-/m0/s1. The average Bonchev–Trinajstić information content (AvgIpc) is 3.29. The highest BCUT2D eigenvalue weighted by atomic mass is 31.0. The number of Topliss-reactive ketones (excluding diaryl/α,β-unsaturated/α-hetero) is 2. The SMILES string of the molecule is CC(C)[C@H](NC(=O)CC1C(=O)CC(P)C1=O)C(=O)N[C@@H](C)C(=O)Nc1ccc(COC(=O)C(C)(C)C)c(CC[C@@H]2O[C@H](C(=O)O)[C@@H](O)[C@H](O)[C@H]2O)c1. The lowest BCUT2D eigenvalue weighted by atomic mass is 9.91. The van der Waals surface area contributed by atoms with Gasteiger partial charge >= 0.3 is 11.9 Å². The maximum absolute atomic E-state index is 13.2. The van der Waals surface area contributed by atoms with Crippen molar-refractivity contribution in [2.24, 2.45) is 17.3 Å². The molecular formula is C35H50N3O13P. The van der Waals surface area contributed by atoms with Gasteiger partial charge in [0, 0.05) is 24.2 Å². The summed E-state index contributed by atoms with van der Waals surface area (Å²) >= 11 is 0. The summed E-state index contributed by atoms with van der Waals surface area (Å²) in [4.78, 5) is 87.6. The lowest BCUT2D eigenvalue weighted by Gasteiger charge is -2.39. The third-order valence-corrected chi connectivity index (χ3v) is 9.59. The van der Waals surface area contributed by atoms with Crippen LogP contribution in [0.1, 0.15) is 71.9 Å². The molecule has 1 aromatic carbocycles. The summed E-state index contributed by atoms with van der Waals surface area (Å²) in [5, 5.41) is 48.0. The number of ether oxygens (including phenoxy) is 2. The molecule has 3 amide bonds. The second-order valence-corrected chi connectivity index (χ2v) is 15.5. The van der Waals surface area contributed by atoms with Gasteiger partial charge in [0.15, 0.2) is 11.9 Å². The van der Waals surface area contributed by atoms with E-state index >= 15 is 0 Å². The summed E-state index contributed by atoms with van der Waals surface area (Å²) in [6, 6.07) is 2.56. The zero-order chi connectivity index (χ0) is 39.2. The topological polar surface area (TPSA) is 255 Å². The molecule has 17 heteroatoms. The van der Waals surface area contributed by atoms with Gasteiger partial charge in [0.25, 0.3) is 0 Å². The minimum absolute atomic E-state index is 0.0256. The number of esters is 1.